The predicted octanol–water partition coefficient (Wildman–Crippen LogP) is 3.33. The molecule has 0 aromatic heterocycles. The van der Waals surface area contributed by atoms with Crippen LogP contribution < -0.4 is 0 Å². The second kappa shape index (κ2) is 8.74. The number of ether oxygens (including phenoxy) is 1. The van der Waals surface area contributed by atoms with E-state index in [-0.39, 0.29) is 30.1 Å². The highest BCUT2D eigenvalue weighted by atomic mass is 16.6. The number of rotatable bonds is 5. The van der Waals surface area contributed by atoms with Gasteiger partial charge in [0.15, 0.2) is 0 Å². The number of carbonyl (C=O) groups is 2. The molecule has 2 fully saturated rings. The summed E-state index contributed by atoms with van der Waals surface area (Å²) in [5, 5.41) is 9.37. The second-order valence-corrected chi connectivity index (χ2v) is 9.36. The minimum atomic E-state index is -0.516. The molecule has 6 nitrogen and oxygen atoms in total. The predicted molar refractivity (Wildman–Crippen MR) is 112 cm³/mol. The Kier molecular flexibility index (Phi) is 6.52. The zero-order valence-corrected chi connectivity index (χ0v) is 17.9. The van der Waals surface area contributed by atoms with Gasteiger partial charge in [-0.15, -0.1) is 0 Å². The molecule has 2 atom stereocenters. The van der Waals surface area contributed by atoms with Crippen LogP contribution in [0.15, 0.2) is 30.3 Å². The first-order valence-corrected chi connectivity index (χ1v) is 10.7. The summed E-state index contributed by atoms with van der Waals surface area (Å²) in [5.41, 5.74) is 0.460. The summed E-state index contributed by atoms with van der Waals surface area (Å²) in [6.07, 6.45) is 3.33. The van der Waals surface area contributed by atoms with E-state index < -0.39 is 5.60 Å². The lowest BCUT2D eigenvalue weighted by molar-refractivity contribution is -0.138. The maximum absolute atomic E-state index is 13.2. The Morgan fingerprint density at radius 1 is 1.24 bits per heavy atom. The van der Waals surface area contributed by atoms with Crippen LogP contribution in [0.4, 0.5) is 4.79 Å². The molecular weight excluding hydrogens is 368 g/mol. The first-order valence-electron chi connectivity index (χ1n) is 10.7. The van der Waals surface area contributed by atoms with E-state index in [9.17, 15) is 14.7 Å². The Labute approximate surface area is 173 Å². The monoisotopic (exact) mass is 402 g/mol. The summed E-state index contributed by atoms with van der Waals surface area (Å²) in [4.78, 5) is 29.2. The van der Waals surface area contributed by atoms with E-state index in [0.29, 0.717) is 32.5 Å². The summed E-state index contributed by atoms with van der Waals surface area (Å²) >= 11 is 0. The van der Waals surface area contributed by atoms with Gasteiger partial charge < -0.3 is 19.6 Å². The molecule has 1 N–H and O–H groups in total. The quantitative estimate of drug-likeness (QED) is 0.820. The third-order valence-electron chi connectivity index (χ3n) is 6.10. The van der Waals surface area contributed by atoms with Crippen LogP contribution in [-0.4, -0.2) is 64.8 Å². The van der Waals surface area contributed by atoms with Crippen LogP contribution >= 0.6 is 0 Å². The Morgan fingerprint density at radius 2 is 1.97 bits per heavy atom. The number of amides is 2. The van der Waals surface area contributed by atoms with Crippen LogP contribution in [0, 0.1) is 0 Å². The highest BCUT2D eigenvalue weighted by molar-refractivity contribution is 5.79. The van der Waals surface area contributed by atoms with Gasteiger partial charge in [0.05, 0.1) is 6.04 Å². The maximum atomic E-state index is 13.2. The van der Waals surface area contributed by atoms with Gasteiger partial charge in [-0.2, -0.15) is 0 Å². The number of nitrogens with zero attached hydrogens (tertiary/aromatic N) is 2. The topological polar surface area (TPSA) is 70.1 Å². The lowest BCUT2D eigenvalue weighted by Gasteiger charge is -2.44. The zero-order chi connectivity index (χ0) is 21.1. The summed E-state index contributed by atoms with van der Waals surface area (Å²) in [6, 6.07) is 10.3. The molecule has 0 spiro atoms. The van der Waals surface area contributed by atoms with Gasteiger partial charge in [0.25, 0.3) is 0 Å². The lowest BCUT2D eigenvalue weighted by Crippen LogP contribution is -2.51. The van der Waals surface area contributed by atoms with E-state index in [1.807, 2.05) is 43.9 Å². The van der Waals surface area contributed by atoms with Gasteiger partial charge in [-0.1, -0.05) is 30.3 Å². The number of aliphatic hydroxyl groups is 1. The third-order valence-corrected chi connectivity index (χ3v) is 6.10. The molecule has 3 rings (SSSR count). The van der Waals surface area contributed by atoms with Crippen molar-refractivity contribution in [2.24, 2.45) is 0 Å². The number of aliphatic hydroxyl groups excluding tert-OH is 1. The minimum absolute atomic E-state index is 0.0571. The van der Waals surface area contributed by atoms with Gasteiger partial charge in [0.1, 0.15) is 5.60 Å². The Bertz CT molecular complexity index is 715. The van der Waals surface area contributed by atoms with E-state index in [2.05, 4.69) is 12.1 Å². The average Bonchev–Trinajstić information content (AvgIpc) is 3.16. The summed E-state index contributed by atoms with van der Waals surface area (Å²) in [7, 11) is 0. The van der Waals surface area contributed by atoms with Crippen LogP contribution in [0.25, 0.3) is 0 Å². The highest BCUT2D eigenvalue weighted by Gasteiger charge is 2.43. The summed E-state index contributed by atoms with van der Waals surface area (Å²) in [5.74, 6) is 0.147. The maximum Gasteiger partial charge on any atom is 0.410 e. The van der Waals surface area contributed by atoms with Crippen molar-refractivity contribution in [3.05, 3.63) is 35.9 Å². The fraction of sp³-hybridized carbons (Fsp3) is 0.652. The van der Waals surface area contributed by atoms with Gasteiger partial charge >= 0.3 is 6.09 Å². The van der Waals surface area contributed by atoms with Crippen molar-refractivity contribution in [2.75, 3.05) is 26.2 Å². The Morgan fingerprint density at radius 3 is 2.59 bits per heavy atom. The standard InChI is InChI=1S/C23H34N2O4/c1-22(2,3)29-21(28)24-13-10-19(17-24)25-14-12-23(11-7-15-26,16-20(25)27)18-8-5-4-6-9-18/h4-6,8-9,19,26H,7,10-17H2,1-3H3/t19-,23-/m0/s1. The Balaban J connectivity index is 1.66. The lowest BCUT2D eigenvalue weighted by atomic mass is 9.69. The first-order chi connectivity index (χ1) is 13.7. The summed E-state index contributed by atoms with van der Waals surface area (Å²) in [6.45, 7) is 7.58. The van der Waals surface area contributed by atoms with Gasteiger partial charge in [-0.05, 0) is 52.0 Å². The van der Waals surface area contributed by atoms with Crippen molar-refractivity contribution >= 4 is 12.0 Å². The van der Waals surface area contributed by atoms with E-state index in [1.165, 1.54) is 5.56 Å². The third kappa shape index (κ3) is 5.10. The van der Waals surface area contributed by atoms with Crippen molar-refractivity contribution in [3.63, 3.8) is 0 Å². The Hall–Kier alpha value is -2.08. The fourth-order valence-corrected chi connectivity index (χ4v) is 4.63. The molecule has 0 unspecified atom stereocenters. The molecule has 2 aliphatic heterocycles. The molecule has 0 saturated carbocycles. The largest absolute Gasteiger partial charge is 0.444 e. The van der Waals surface area contributed by atoms with E-state index in [4.69, 9.17) is 4.74 Å². The zero-order valence-electron chi connectivity index (χ0n) is 17.9. The second-order valence-electron chi connectivity index (χ2n) is 9.36. The van der Waals surface area contributed by atoms with Crippen molar-refractivity contribution < 1.29 is 19.4 Å². The minimum Gasteiger partial charge on any atom is -0.444 e. The van der Waals surface area contributed by atoms with Crippen LogP contribution in [0.2, 0.25) is 0 Å². The molecule has 1 aromatic carbocycles. The van der Waals surface area contributed by atoms with Crippen molar-refractivity contribution in [1.82, 2.24) is 9.80 Å². The molecule has 1 aromatic rings. The van der Waals surface area contributed by atoms with Gasteiger partial charge in [-0.25, -0.2) is 4.79 Å². The van der Waals surface area contributed by atoms with Gasteiger partial charge in [0, 0.05) is 38.1 Å². The number of carbonyl (C=O) groups excluding carboxylic acids is 2. The highest BCUT2D eigenvalue weighted by Crippen LogP contribution is 2.41. The molecule has 2 amide bonds. The molecule has 160 valence electrons. The summed E-state index contributed by atoms with van der Waals surface area (Å²) < 4.78 is 5.48. The van der Waals surface area contributed by atoms with Gasteiger partial charge in [0.2, 0.25) is 5.91 Å². The SMILES string of the molecule is CC(C)(C)OC(=O)N1CC[C@H](N2CC[C@](CCCO)(c3ccccc3)CC2=O)C1. The van der Waals surface area contributed by atoms with Gasteiger partial charge in [-0.3, -0.25) is 4.79 Å². The molecule has 2 aliphatic rings. The molecule has 6 heteroatoms. The number of benzene rings is 1. The number of hydrogen-bond acceptors (Lipinski definition) is 4. The molecule has 2 saturated heterocycles. The van der Waals surface area contributed by atoms with E-state index in [1.54, 1.807) is 4.90 Å². The van der Waals surface area contributed by atoms with Crippen molar-refractivity contribution in [3.8, 4) is 0 Å². The van der Waals surface area contributed by atoms with E-state index in [0.717, 1.165) is 19.3 Å². The molecule has 0 bridgehead atoms. The number of hydrogen-bond donors (Lipinski definition) is 1. The average molecular weight is 403 g/mol. The molecule has 2 heterocycles. The van der Waals surface area contributed by atoms with E-state index >= 15 is 0 Å². The van der Waals surface area contributed by atoms with Crippen LogP contribution in [-0.2, 0) is 14.9 Å². The molecule has 0 radical (unpaired) electrons. The molecule has 0 aliphatic carbocycles. The van der Waals surface area contributed by atoms with Crippen molar-refractivity contribution in [1.29, 1.82) is 0 Å². The fourth-order valence-electron chi connectivity index (χ4n) is 4.63. The smallest absolute Gasteiger partial charge is 0.410 e. The van der Waals surface area contributed by atoms with Crippen LogP contribution in [0.3, 0.4) is 0 Å². The molecule has 29 heavy (non-hydrogen) atoms. The normalized spacial score (nSPS) is 25.4. The van der Waals surface area contributed by atoms with Crippen LogP contribution in [0.5, 0.6) is 0 Å². The number of piperidine rings is 1. The first kappa shape index (κ1) is 21.6. The van der Waals surface area contributed by atoms with Crippen LogP contribution in [0.1, 0.15) is 58.4 Å². The van der Waals surface area contributed by atoms with Crippen molar-refractivity contribution in [2.45, 2.75) is 69.9 Å². The molecular formula is C23H34N2O4. The number of likely N-dealkylation sites (tertiary alicyclic amines) is 2.